The van der Waals surface area contributed by atoms with Crippen LogP contribution in [0.1, 0.15) is 35.7 Å². The van der Waals surface area contributed by atoms with Gasteiger partial charge in [-0.3, -0.25) is 4.79 Å². The first-order chi connectivity index (χ1) is 11.1. The van der Waals surface area contributed by atoms with Crippen LogP contribution in [0.5, 0.6) is 0 Å². The summed E-state index contributed by atoms with van der Waals surface area (Å²) in [6.07, 6.45) is 5.54. The Labute approximate surface area is 136 Å². The third-order valence-corrected chi connectivity index (χ3v) is 4.24. The Hall–Kier alpha value is -2.43. The fourth-order valence-corrected chi connectivity index (χ4v) is 2.74. The van der Waals surface area contributed by atoms with Crippen molar-refractivity contribution in [3.63, 3.8) is 0 Å². The Morgan fingerprint density at radius 2 is 1.91 bits per heavy atom. The van der Waals surface area contributed by atoms with Gasteiger partial charge in [0.1, 0.15) is 0 Å². The first-order valence-corrected chi connectivity index (χ1v) is 8.07. The highest BCUT2D eigenvalue weighted by Gasteiger charge is 2.18. The second-order valence-corrected chi connectivity index (χ2v) is 6.26. The van der Waals surface area contributed by atoms with Crippen LogP contribution in [0.2, 0.25) is 0 Å². The van der Waals surface area contributed by atoms with Gasteiger partial charge >= 0.3 is 0 Å². The fraction of sp³-hybridized carbons (Fsp3) is 0.389. The smallest absolute Gasteiger partial charge is 0.258 e. The number of aryl methyl sites for hydroxylation is 1. The maximum atomic E-state index is 12.3. The maximum Gasteiger partial charge on any atom is 0.258 e. The number of benzene rings is 1. The van der Waals surface area contributed by atoms with E-state index in [0.717, 1.165) is 30.3 Å². The topological polar surface area (TPSA) is 58.1 Å². The molecule has 0 bridgehead atoms. The number of anilines is 2. The van der Waals surface area contributed by atoms with E-state index in [1.54, 1.807) is 12.4 Å². The zero-order valence-electron chi connectivity index (χ0n) is 13.6. The number of nitrogens with zero attached hydrogens (tertiary/aromatic N) is 3. The van der Waals surface area contributed by atoms with Gasteiger partial charge in [-0.05, 0) is 43.4 Å². The lowest BCUT2D eigenvalue weighted by atomic mass is 10.00. The molecule has 0 radical (unpaired) electrons. The van der Waals surface area contributed by atoms with E-state index in [-0.39, 0.29) is 5.91 Å². The van der Waals surface area contributed by atoms with Gasteiger partial charge in [-0.25, -0.2) is 9.97 Å². The molecule has 1 saturated heterocycles. The van der Waals surface area contributed by atoms with Crippen molar-refractivity contribution < 1.29 is 4.79 Å². The fourth-order valence-electron chi connectivity index (χ4n) is 2.74. The minimum Gasteiger partial charge on any atom is -0.341 e. The van der Waals surface area contributed by atoms with E-state index < -0.39 is 0 Å². The Morgan fingerprint density at radius 3 is 2.57 bits per heavy atom. The van der Waals surface area contributed by atoms with Crippen LogP contribution in [0.25, 0.3) is 0 Å². The molecule has 3 rings (SSSR count). The largest absolute Gasteiger partial charge is 0.341 e. The molecule has 0 aliphatic carbocycles. The molecule has 1 amide bonds. The van der Waals surface area contributed by atoms with Crippen molar-refractivity contribution in [2.75, 3.05) is 23.3 Å². The predicted molar refractivity (Wildman–Crippen MR) is 91.8 cm³/mol. The van der Waals surface area contributed by atoms with Crippen LogP contribution in [0.4, 0.5) is 11.6 Å². The van der Waals surface area contributed by atoms with Gasteiger partial charge < -0.3 is 10.2 Å². The van der Waals surface area contributed by atoms with Crippen LogP contribution in [0.3, 0.4) is 0 Å². The summed E-state index contributed by atoms with van der Waals surface area (Å²) in [5, 5.41) is 2.87. The molecule has 2 heterocycles. The van der Waals surface area contributed by atoms with Crippen LogP contribution in [-0.4, -0.2) is 29.0 Å². The van der Waals surface area contributed by atoms with Crippen molar-refractivity contribution in [1.29, 1.82) is 0 Å². The molecule has 5 heteroatoms. The zero-order chi connectivity index (χ0) is 16.2. The van der Waals surface area contributed by atoms with Crippen molar-refractivity contribution in [2.24, 2.45) is 5.92 Å². The number of amides is 1. The standard InChI is InChI=1S/C18H22N4O/c1-13-6-8-22(9-7-13)18-19-11-15(12-20-18)17(23)21-16-5-3-4-14(2)10-16/h3-5,10-13H,6-9H2,1-2H3,(H,21,23). The summed E-state index contributed by atoms with van der Waals surface area (Å²) in [4.78, 5) is 23.2. The second kappa shape index (κ2) is 6.77. The highest BCUT2D eigenvalue weighted by molar-refractivity contribution is 6.03. The number of piperidine rings is 1. The summed E-state index contributed by atoms with van der Waals surface area (Å²) in [7, 11) is 0. The van der Waals surface area contributed by atoms with E-state index in [9.17, 15) is 4.79 Å². The first-order valence-electron chi connectivity index (χ1n) is 8.07. The minimum absolute atomic E-state index is 0.186. The summed E-state index contributed by atoms with van der Waals surface area (Å²) >= 11 is 0. The van der Waals surface area contributed by atoms with E-state index in [0.29, 0.717) is 11.5 Å². The first kappa shape index (κ1) is 15.5. The van der Waals surface area contributed by atoms with Crippen LogP contribution in [0.15, 0.2) is 36.7 Å². The predicted octanol–water partition coefficient (Wildman–Crippen LogP) is 3.27. The Morgan fingerprint density at radius 1 is 1.22 bits per heavy atom. The van der Waals surface area contributed by atoms with Gasteiger partial charge in [-0.1, -0.05) is 19.1 Å². The van der Waals surface area contributed by atoms with E-state index in [2.05, 4.69) is 27.1 Å². The molecular weight excluding hydrogens is 288 g/mol. The van der Waals surface area contributed by atoms with Gasteiger partial charge in [0.05, 0.1) is 5.56 Å². The average Bonchev–Trinajstić information content (AvgIpc) is 2.56. The van der Waals surface area contributed by atoms with Crippen LogP contribution >= 0.6 is 0 Å². The van der Waals surface area contributed by atoms with Crippen LogP contribution in [0, 0.1) is 12.8 Å². The van der Waals surface area contributed by atoms with Gasteiger partial charge in [0.25, 0.3) is 5.91 Å². The highest BCUT2D eigenvalue weighted by Crippen LogP contribution is 2.19. The van der Waals surface area contributed by atoms with Gasteiger partial charge in [-0.2, -0.15) is 0 Å². The summed E-state index contributed by atoms with van der Waals surface area (Å²) < 4.78 is 0. The van der Waals surface area contributed by atoms with Gasteiger partial charge in [0.2, 0.25) is 5.95 Å². The molecule has 23 heavy (non-hydrogen) atoms. The number of aromatic nitrogens is 2. The van der Waals surface area contributed by atoms with Crippen molar-refractivity contribution in [3.8, 4) is 0 Å². The Balaban J connectivity index is 1.65. The average molecular weight is 310 g/mol. The summed E-state index contributed by atoms with van der Waals surface area (Å²) in [5.41, 5.74) is 2.36. The van der Waals surface area contributed by atoms with E-state index in [4.69, 9.17) is 0 Å². The SMILES string of the molecule is Cc1cccc(NC(=O)c2cnc(N3CCC(C)CC3)nc2)c1. The van der Waals surface area contributed by atoms with Gasteiger partial charge in [-0.15, -0.1) is 0 Å². The molecule has 0 unspecified atom stereocenters. The number of carbonyl (C=O) groups excluding carboxylic acids is 1. The van der Waals surface area contributed by atoms with Crippen LogP contribution in [-0.2, 0) is 0 Å². The molecule has 0 saturated carbocycles. The Bertz CT molecular complexity index is 676. The molecule has 5 nitrogen and oxygen atoms in total. The summed E-state index contributed by atoms with van der Waals surface area (Å²) in [6.45, 7) is 6.23. The lowest BCUT2D eigenvalue weighted by Gasteiger charge is -2.30. The third-order valence-electron chi connectivity index (χ3n) is 4.24. The monoisotopic (exact) mass is 310 g/mol. The van der Waals surface area contributed by atoms with Crippen molar-refractivity contribution >= 4 is 17.5 Å². The molecule has 1 fully saturated rings. The molecule has 1 aromatic heterocycles. The molecule has 2 aromatic rings. The molecule has 1 N–H and O–H groups in total. The highest BCUT2D eigenvalue weighted by atomic mass is 16.1. The lowest BCUT2D eigenvalue weighted by Crippen LogP contribution is -2.34. The number of carbonyl (C=O) groups is 1. The van der Waals surface area contributed by atoms with Crippen molar-refractivity contribution in [1.82, 2.24) is 9.97 Å². The van der Waals surface area contributed by atoms with Crippen LogP contribution < -0.4 is 10.2 Å². The number of hydrogen-bond acceptors (Lipinski definition) is 4. The number of hydrogen-bond donors (Lipinski definition) is 1. The minimum atomic E-state index is -0.186. The van der Waals surface area contributed by atoms with E-state index >= 15 is 0 Å². The molecule has 0 spiro atoms. The van der Waals surface area contributed by atoms with Crippen molar-refractivity contribution in [2.45, 2.75) is 26.7 Å². The number of rotatable bonds is 3. The summed E-state index contributed by atoms with van der Waals surface area (Å²) in [5.74, 6) is 1.30. The van der Waals surface area contributed by atoms with E-state index in [1.807, 2.05) is 31.2 Å². The Kier molecular flexibility index (Phi) is 4.55. The second-order valence-electron chi connectivity index (χ2n) is 6.26. The molecule has 1 aromatic carbocycles. The molecule has 120 valence electrons. The normalized spacial score (nSPS) is 15.5. The third kappa shape index (κ3) is 3.86. The number of nitrogens with one attached hydrogen (secondary N) is 1. The van der Waals surface area contributed by atoms with Gasteiger partial charge in [0, 0.05) is 31.2 Å². The summed E-state index contributed by atoms with van der Waals surface area (Å²) in [6, 6.07) is 7.71. The zero-order valence-corrected chi connectivity index (χ0v) is 13.6. The molecular formula is C18H22N4O. The lowest BCUT2D eigenvalue weighted by molar-refractivity contribution is 0.102. The quantitative estimate of drug-likeness (QED) is 0.945. The molecule has 1 aliphatic rings. The maximum absolute atomic E-state index is 12.3. The van der Waals surface area contributed by atoms with Gasteiger partial charge in [0.15, 0.2) is 0 Å². The van der Waals surface area contributed by atoms with E-state index in [1.165, 1.54) is 12.8 Å². The van der Waals surface area contributed by atoms with Crippen molar-refractivity contribution in [3.05, 3.63) is 47.8 Å². The molecule has 1 aliphatic heterocycles. The molecule has 0 atom stereocenters.